The van der Waals surface area contributed by atoms with Gasteiger partial charge in [-0.3, -0.25) is 4.79 Å². The molecule has 0 bridgehead atoms. The summed E-state index contributed by atoms with van der Waals surface area (Å²) < 4.78 is 5.06. The average molecular weight is 256 g/mol. The summed E-state index contributed by atoms with van der Waals surface area (Å²) in [6.45, 7) is 1.85. The molecule has 0 spiro atoms. The first kappa shape index (κ1) is 12.0. The van der Waals surface area contributed by atoms with E-state index in [0.29, 0.717) is 5.76 Å². The molecule has 1 aromatic carbocycles. The molecule has 4 nitrogen and oxygen atoms in total. The second-order valence-corrected chi connectivity index (χ2v) is 4.97. The van der Waals surface area contributed by atoms with Crippen LogP contribution in [-0.2, 0) is 17.6 Å². The van der Waals surface area contributed by atoms with Crippen molar-refractivity contribution < 1.29 is 9.32 Å². The predicted octanol–water partition coefficient (Wildman–Crippen LogP) is 2.33. The number of carbonyl (C=O) groups is 1. The molecule has 1 aliphatic rings. The summed E-state index contributed by atoms with van der Waals surface area (Å²) in [4.78, 5) is 12.0. The maximum Gasteiger partial charge on any atom is 0.228 e. The van der Waals surface area contributed by atoms with Crippen molar-refractivity contribution in [3.63, 3.8) is 0 Å². The summed E-state index contributed by atoms with van der Waals surface area (Å²) in [6, 6.07) is 10.2. The lowest BCUT2D eigenvalue weighted by molar-refractivity contribution is -0.121. The van der Waals surface area contributed by atoms with Gasteiger partial charge in [-0.2, -0.15) is 0 Å². The summed E-state index contributed by atoms with van der Waals surface area (Å²) in [7, 11) is 0. The largest absolute Gasteiger partial charge is 0.361 e. The van der Waals surface area contributed by atoms with E-state index >= 15 is 0 Å². The van der Waals surface area contributed by atoms with Gasteiger partial charge in [-0.1, -0.05) is 29.4 Å². The number of hydrogen-bond acceptors (Lipinski definition) is 3. The SMILES string of the molecule is Cc1cc(CC(=O)NC2CCc3ccccc32)on1. The third-order valence-corrected chi connectivity index (χ3v) is 3.48. The molecular weight excluding hydrogens is 240 g/mol. The Labute approximate surface area is 111 Å². The number of hydrogen-bond donors (Lipinski definition) is 1. The zero-order valence-electron chi connectivity index (χ0n) is 10.8. The fraction of sp³-hybridized carbons (Fsp3) is 0.333. The van der Waals surface area contributed by atoms with Crippen molar-refractivity contribution in [2.24, 2.45) is 0 Å². The van der Waals surface area contributed by atoms with Crippen molar-refractivity contribution in [2.45, 2.75) is 32.2 Å². The highest BCUT2D eigenvalue weighted by Gasteiger charge is 2.23. The maximum absolute atomic E-state index is 12.0. The van der Waals surface area contributed by atoms with Gasteiger partial charge < -0.3 is 9.84 Å². The minimum absolute atomic E-state index is 0.0159. The molecule has 2 aromatic rings. The third-order valence-electron chi connectivity index (χ3n) is 3.48. The number of fused-ring (bicyclic) bond motifs is 1. The molecule has 1 heterocycles. The number of amides is 1. The standard InChI is InChI=1S/C15H16N2O2/c1-10-8-12(19-17-10)9-15(18)16-14-7-6-11-4-2-3-5-13(11)14/h2-5,8,14H,6-7,9H2,1H3,(H,16,18). The molecule has 1 N–H and O–H groups in total. The predicted molar refractivity (Wildman–Crippen MR) is 70.6 cm³/mol. The fourth-order valence-corrected chi connectivity index (χ4v) is 2.61. The Morgan fingerprint density at radius 1 is 1.47 bits per heavy atom. The van der Waals surface area contributed by atoms with Crippen LogP contribution in [0.25, 0.3) is 0 Å². The Bertz CT molecular complexity index is 604. The lowest BCUT2D eigenvalue weighted by Gasteiger charge is -2.13. The van der Waals surface area contributed by atoms with E-state index in [4.69, 9.17) is 4.52 Å². The first-order valence-electron chi connectivity index (χ1n) is 6.52. The van der Waals surface area contributed by atoms with Crippen LogP contribution in [0.3, 0.4) is 0 Å². The van der Waals surface area contributed by atoms with Crippen LogP contribution in [0.2, 0.25) is 0 Å². The minimum Gasteiger partial charge on any atom is -0.361 e. The Balaban J connectivity index is 1.65. The van der Waals surface area contributed by atoms with Crippen LogP contribution in [0.5, 0.6) is 0 Å². The summed E-state index contributed by atoms with van der Waals surface area (Å²) in [5.41, 5.74) is 3.38. The number of rotatable bonds is 3. The lowest BCUT2D eigenvalue weighted by atomic mass is 10.1. The third kappa shape index (κ3) is 2.52. The monoisotopic (exact) mass is 256 g/mol. The quantitative estimate of drug-likeness (QED) is 0.917. The molecule has 4 heteroatoms. The molecular formula is C15H16N2O2. The number of aryl methyl sites for hydroxylation is 2. The van der Waals surface area contributed by atoms with Crippen LogP contribution >= 0.6 is 0 Å². The minimum atomic E-state index is -0.0159. The van der Waals surface area contributed by atoms with E-state index in [1.807, 2.05) is 19.1 Å². The van der Waals surface area contributed by atoms with Gasteiger partial charge in [0.15, 0.2) is 0 Å². The van der Waals surface area contributed by atoms with Gasteiger partial charge in [-0.05, 0) is 30.9 Å². The van der Waals surface area contributed by atoms with Gasteiger partial charge in [0, 0.05) is 6.07 Å². The van der Waals surface area contributed by atoms with E-state index in [1.54, 1.807) is 6.07 Å². The number of aromatic nitrogens is 1. The Morgan fingerprint density at radius 3 is 3.11 bits per heavy atom. The molecule has 1 atom stereocenters. The molecule has 1 aromatic heterocycles. The Kier molecular flexibility index (Phi) is 3.07. The molecule has 98 valence electrons. The highest BCUT2D eigenvalue weighted by Crippen LogP contribution is 2.30. The summed E-state index contributed by atoms with van der Waals surface area (Å²) in [5, 5.41) is 6.85. The molecule has 1 aliphatic carbocycles. The maximum atomic E-state index is 12.0. The molecule has 19 heavy (non-hydrogen) atoms. The van der Waals surface area contributed by atoms with Crippen molar-refractivity contribution in [1.82, 2.24) is 10.5 Å². The normalized spacial score (nSPS) is 17.2. The van der Waals surface area contributed by atoms with E-state index in [1.165, 1.54) is 11.1 Å². The number of nitrogens with one attached hydrogen (secondary N) is 1. The van der Waals surface area contributed by atoms with E-state index in [-0.39, 0.29) is 18.4 Å². The van der Waals surface area contributed by atoms with Crippen molar-refractivity contribution in [3.8, 4) is 0 Å². The highest BCUT2D eigenvalue weighted by molar-refractivity contribution is 5.78. The zero-order chi connectivity index (χ0) is 13.2. The lowest BCUT2D eigenvalue weighted by Crippen LogP contribution is -2.28. The topological polar surface area (TPSA) is 55.1 Å². The number of benzene rings is 1. The second kappa shape index (κ2) is 4.88. The van der Waals surface area contributed by atoms with Crippen LogP contribution in [0.1, 0.15) is 35.0 Å². The van der Waals surface area contributed by atoms with Crippen molar-refractivity contribution >= 4 is 5.91 Å². The molecule has 0 radical (unpaired) electrons. The van der Waals surface area contributed by atoms with Gasteiger partial charge in [-0.25, -0.2) is 0 Å². The van der Waals surface area contributed by atoms with Crippen molar-refractivity contribution in [3.05, 3.63) is 52.9 Å². The summed E-state index contributed by atoms with van der Waals surface area (Å²) in [6.07, 6.45) is 2.25. The molecule has 0 saturated carbocycles. The van der Waals surface area contributed by atoms with Gasteiger partial charge in [0.05, 0.1) is 18.2 Å². The van der Waals surface area contributed by atoms with Crippen molar-refractivity contribution in [2.75, 3.05) is 0 Å². The number of carbonyl (C=O) groups excluding carboxylic acids is 1. The molecule has 0 aliphatic heterocycles. The van der Waals surface area contributed by atoms with E-state index < -0.39 is 0 Å². The summed E-state index contributed by atoms with van der Waals surface area (Å²) >= 11 is 0. The zero-order valence-corrected chi connectivity index (χ0v) is 10.8. The van der Waals surface area contributed by atoms with Crippen LogP contribution in [0, 0.1) is 6.92 Å². The first-order chi connectivity index (χ1) is 9.22. The van der Waals surface area contributed by atoms with Crippen LogP contribution < -0.4 is 5.32 Å². The Morgan fingerprint density at radius 2 is 2.32 bits per heavy atom. The molecule has 1 unspecified atom stereocenters. The summed E-state index contributed by atoms with van der Waals surface area (Å²) in [5.74, 6) is 0.596. The number of nitrogens with zero attached hydrogens (tertiary/aromatic N) is 1. The Hall–Kier alpha value is -2.10. The fourth-order valence-electron chi connectivity index (χ4n) is 2.61. The molecule has 3 rings (SSSR count). The molecule has 1 amide bonds. The smallest absolute Gasteiger partial charge is 0.228 e. The van der Waals surface area contributed by atoms with E-state index in [0.717, 1.165) is 18.5 Å². The second-order valence-electron chi connectivity index (χ2n) is 4.97. The van der Waals surface area contributed by atoms with Gasteiger partial charge in [0.1, 0.15) is 5.76 Å². The van der Waals surface area contributed by atoms with E-state index in [9.17, 15) is 4.79 Å². The average Bonchev–Trinajstić information content (AvgIpc) is 2.97. The van der Waals surface area contributed by atoms with Gasteiger partial charge in [0.25, 0.3) is 0 Å². The molecule has 0 saturated heterocycles. The van der Waals surface area contributed by atoms with Gasteiger partial charge in [0.2, 0.25) is 5.91 Å². The van der Waals surface area contributed by atoms with Crippen LogP contribution in [0.15, 0.2) is 34.9 Å². The van der Waals surface area contributed by atoms with Gasteiger partial charge >= 0.3 is 0 Å². The van der Waals surface area contributed by atoms with E-state index in [2.05, 4.69) is 22.6 Å². The van der Waals surface area contributed by atoms with Gasteiger partial charge in [-0.15, -0.1) is 0 Å². The molecule has 0 fully saturated rings. The van der Waals surface area contributed by atoms with Crippen LogP contribution in [-0.4, -0.2) is 11.1 Å². The van der Waals surface area contributed by atoms with Crippen molar-refractivity contribution in [1.29, 1.82) is 0 Å². The van der Waals surface area contributed by atoms with Crippen LogP contribution in [0.4, 0.5) is 0 Å². The highest BCUT2D eigenvalue weighted by atomic mass is 16.5. The first-order valence-corrected chi connectivity index (χ1v) is 6.52.